The predicted octanol–water partition coefficient (Wildman–Crippen LogP) is 3.40. The van der Waals surface area contributed by atoms with Crippen LogP contribution in [0.25, 0.3) is 0 Å². The maximum atomic E-state index is 6.51. The first-order chi connectivity index (χ1) is 9.22. The molecule has 0 bridgehead atoms. The van der Waals surface area contributed by atoms with Crippen molar-refractivity contribution in [2.24, 2.45) is 5.73 Å². The molecule has 2 aliphatic rings. The highest BCUT2D eigenvalue weighted by Gasteiger charge is 2.38. The van der Waals surface area contributed by atoms with Crippen LogP contribution in [-0.4, -0.2) is 13.3 Å². The Morgan fingerprint density at radius 1 is 1.32 bits per heavy atom. The molecule has 0 radical (unpaired) electrons. The molecule has 104 valence electrons. The average Bonchev–Trinajstić information content (AvgIpc) is 3.08. The molecule has 0 saturated heterocycles. The highest BCUT2D eigenvalue weighted by Crippen LogP contribution is 2.49. The van der Waals surface area contributed by atoms with Gasteiger partial charge in [0, 0.05) is 12.0 Å². The van der Waals surface area contributed by atoms with Crippen LogP contribution >= 0.6 is 11.6 Å². The van der Waals surface area contributed by atoms with E-state index in [-0.39, 0.29) is 12.2 Å². The Kier molecular flexibility index (Phi) is 3.35. The van der Waals surface area contributed by atoms with E-state index >= 15 is 0 Å². The number of halogens is 1. The predicted molar refractivity (Wildman–Crippen MR) is 76.2 cm³/mol. The molecule has 1 saturated carbocycles. The molecule has 1 aromatic carbocycles. The molecule has 3 nitrogen and oxygen atoms in total. The second kappa shape index (κ2) is 4.88. The van der Waals surface area contributed by atoms with E-state index in [2.05, 4.69) is 13.0 Å². The zero-order chi connectivity index (χ0) is 13.5. The van der Waals surface area contributed by atoms with E-state index < -0.39 is 0 Å². The molecule has 19 heavy (non-hydrogen) atoms. The molecular formula is C15H20ClNO2. The topological polar surface area (TPSA) is 44.5 Å². The van der Waals surface area contributed by atoms with Crippen LogP contribution in [0.3, 0.4) is 0 Å². The van der Waals surface area contributed by atoms with Gasteiger partial charge in [-0.05, 0) is 36.5 Å². The minimum atomic E-state index is 0.0793. The first-order valence-electron chi connectivity index (χ1n) is 7.03. The minimum absolute atomic E-state index is 0.0793. The van der Waals surface area contributed by atoms with Gasteiger partial charge in [-0.25, -0.2) is 0 Å². The van der Waals surface area contributed by atoms with Crippen LogP contribution < -0.4 is 15.2 Å². The SMILES string of the molecule is CCc1c(C2(CN)CCCC2)cc2c(c1Cl)OCO2. The summed E-state index contributed by atoms with van der Waals surface area (Å²) in [6, 6.07) is 2.12. The summed E-state index contributed by atoms with van der Waals surface area (Å²) in [4.78, 5) is 0. The molecule has 3 rings (SSSR count). The molecule has 1 heterocycles. The molecule has 4 heteroatoms. The third kappa shape index (κ3) is 1.91. The van der Waals surface area contributed by atoms with Crippen LogP contribution in [0.4, 0.5) is 0 Å². The number of hydrogen-bond acceptors (Lipinski definition) is 3. The van der Waals surface area contributed by atoms with Crippen molar-refractivity contribution in [3.05, 3.63) is 22.2 Å². The Morgan fingerprint density at radius 3 is 2.68 bits per heavy atom. The van der Waals surface area contributed by atoms with Crippen LogP contribution in [0.1, 0.15) is 43.7 Å². The summed E-state index contributed by atoms with van der Waals surface area (Å²) in [6.45, 7) is 3.07. The van der Waals surface area contributed by atoms with Crippen molar-refractivity contribution in [1.82, 2.24) is 0 Å². The standard InChI is InChI=1S/C15H20ClNO2/c1-2-10-11(15(8-17)5-3-4-6-15)7-12-14(13(10)16)19-9-18-12/h7H,2-6,8-9,17H2,1H3. The molecule has 1 aromatic rings. The van der Waals surface area contributed by atoms with Crippen LogP contribution in [-0.2, 0) is 11.8 Å². The fraction of sp³-hybridized carbons (Fsp3) is 0.600. The summed E-state index contributed by atoms with van der Waals surface area (Å²) in [5.41, 5.74) is 8.64. The first kappa shape index (κ1) is 13.1. The van der Waals surface area contributed by atoms with Gasteiger partial charge in [0.25, 0.3) is 0 Å². The summed E-state index contributed by atoms with van der Waals surface area (Å²) in [5.74, 6) is 1.48. The van der Waals surface area contributed by atoms with Crippen LogP contribution in [0, 0.1) is 0 Å². The van der Waals surface area contributed by atoms with Crippen molar-refractivity contribution in [3.63, 3.8) is 0 Å². The summed E-state index contributed by atoms with van der Waals surface area (Å²) >= 11 is 6.51. The Balaban J connectivity index is 2.17. The van der Waals surface area contributed by atoms with Gasteiger partial charge < -0.3 is 15.2 Å². The second-order valence-electron chi connectivity index (χ2n) is 5.50. The third-order valence-electron chi connectivity index (χ3n) is 4.58. The monoisotopic (exact) mass is 281 g/mol. The Labute approximate surface area is 119 Å². The molecule has 0 amide bonds. The second-order valence-corrected chi connectivity index (χ2v) is 5.87. The Morgan fingerprint density at radius 2 is 2.05 bits per heavy atom. The van der Waals surface area contributed by atoms with E-state index in [9.17, 15) is 0 Å². The normalized spacial score (nSPS) is 19.9. The summed E-state index contributed by atoms with van der Waals surface area (Å²) in [7, 11) is 0. The molecular weight excluding hydrogens is 262 g/mol. The van der Waals surface area contributed by atoms with Gasteiger partial charge >= 0.3 is 0 Å². The van der Waals surface area contributed by atoms with Crippen LogP contribution in [0.2, 0.25) is 5.02 Å². The number of ether oxygens (including phenoxy) is 2. The lowest BCUT2D eigenvalue weighted by Gasteiger charge is -2.31. The van der Waals surface area contributed by atoms with Crippen molar-refractivity contribution < 1.29 is 9.47 Å². The highest BCUT2D eigenvalue weighted by atomic mass is 35.5. The van der Waals surface area contributed by atoms with E-state index in [4.69, 9.17) is 26.8 Å². The van der Waals surface area contributed by atoms with Crippen LogP contribution in [0.15, 0.2) is 6.07 Å². The van der Waals surface area contributed by atoms with Gasteiger partial charge in [0.05, 0.1) is 5.02 Å². The Bertz CT molecular complexity index is 495. The molecule has 0 aromatic heterocycles. The van der Waals surface area contributed by atoms with Gasteiger partial charge in [-0.3, -0.25) is 0 Å². The number of rotatable bonds is 3. The van der Waals surface area contributed by atoms with Crippen molar-refractivity contribution in [2.75, 3.05) is 13.3 Å². The lowest BCUT2D eigenvalue weighted by Crippen LogP contribution is -2.33. The zero-order valence-electron chi connectivity index (χ0n) is 11.3. The third-order valence-corrected chi connectivity index (χ3v) is 4.98. The lowest BCUT2D eigenvalue weighted by molar-refractivity contribution is 0.174. The number of hydrogen-bond donors (Lipinski definition) is 1. The summed E-state index contributed by atoms with van der Waals surface area (Å²) < 4.78 is 11.0. The number of fused-ring (bicyclic) bond motifs is 1. The van der Waals surface area contributed by atoms with E-state index in [0.29, 0.717) is 17.3 Å². The molecule has 0 atom stereocenters. The molecule has 1 aliphatic carbocycles. The number of nitrogens with two attached hydrogens (primary N) is 1. The molecule has 1 fully saturated rings. The van der Waals surface area contributed by atoms with Crippen LogP contribution in [0.5, 0.6) is 11.5 Å². The highest BCUT2D eigenvalue weighted by molar-refractivity contribution is 6.33. The van der Waals surface area contributed by atoms with Crippen molar-refractivity contribution >= 4 is 11.6 Å². The maximum absolute atomic E-state index is 6.51. The van der Waals surface area contributed by atoms with Crippen molar-refractivity contribution in [3.8, 4) is 11.5 Å². The minimum Gasteiger partial charge on any atom is -0.454 e. The first-order valence-corrected chi connectivity index (χ1v) is 7.41. The lowest BCUT2D eigenvalue weighted by atomic mass is 9.76. The zero-order valence-corrected chi connectivity index (χ0v) is 12.1. The van der Waals surface area contributed by atoms with E-state index in [1.165, 1.54) is 24.0 Å². The quantitative estimate of drug-likeness (QED) is 0.923. The van der Waals surface area contributed by atoms with Gasteiger partial charge in [-0.15, -0.1) is 0 Å². The molecule has 0 unspecified atom stereocenters. The van der Waals surface area contributed by atoms with E-state index in [1.807, 2.05) is 0 Å². The van der Waals surface area contributed by atoms with Gasteiger partial charge in [0.15, 0.2) is 11.5 Å². The van der Waals surface area contributed by atoms with Crippen molar-refractivity contribution in [2.45, 2.75) is 44.4 Å². The van der Waals surface area contributed by atoms with Crippen molar-refractivity contribution in [1.29, 1.82) is 0 Å². The maximum Gasteiger partial charge on any atom is 0.231 e. The van der Waals surface area contributed by atoms with Gasteiger partial charge in [-0.2, -0.15) is 0 Å². The molecule has 1 aliphatic heterocycles. The molecule has 0 spiro atoms. The number of benzene rings is 1. The van der Waals surface area contributed by atoms with Gasteiger partial charge in [0.1, 0.15) is 0 Å². The largest absolute Gasteiger partial charge is 0.454 e. The van der Waals surface area contributed by atoms with Gasteiger partial charge in [-0.1, -0.05) is 31.4 Å². The fourth-order valence-corrected chi connectivity index (χ4v) is 3.88. The van der Waals surface area contributed by atoms with E-state index in [1.54, 1.807) is 0 Å². The van der Waals surface area contributed by atoms with Gasteiger partial charge in [0.2, 0.25) is 6.79 Å². The smallest absolute Gasteiger partial charge is 0.231 e. The Hall–Kier alpha value is -0.930. The fourth-order valence-electron chi connectivity index (χ4n) is 3.49. The average molecular weight is 282 g/mol. The van der Waals surface area contributed by atoms with E-state index in [0.717, 1.165) is 25.0 Å². The summed E-state index contributed by atoms with van der Waals surface area (Å²) in [6.07, 6.45) is 5.67. The summed E-state index contributed by atoms with van der Waals surface area (Å²) in [5, 5.41) is 0.715. The molecule has 2 N–H and O–H groups in total.